The molecule has 0 heterocycles. The highest BCUT2D eigenvalue weighted by atomic mass is 16.1. The predicted molar refractivity (Wildman–Crippen MR) is 34.7 cm³/mol. The lowest BCUT2D eigenvalue weighted by atomic mass is 10.1. The molecule has 0 fully saturated rings. The van der Waals surface area contributed by atoms with Crippen molar-refractivity contribution >= 4 is 6.29 Å². The van der Waals surface area contributed by atoms with E-state index >= 15 is 0 Å². The smallest absolute Gasteiger partial charge is 0.120 e. The van der Waals surface area contributed by atoms with Crippen LogP contribution < -0.4 is 0 Å². The van der Waals surface area contributed by atoms with Crippen LogP contribution >= 0.6 is 0 Å². The number of unbranched alkanes of at least 4 members (excludes halogenated alkanes) is 1. The van der Waals surface area contributed by atoms with Gasteiger partial charge in [0.2, 0.25) is 0 Å². The molecule has 0 bridgehead atoms. The maximum atomic E-state index is 9.76. The van der Waals surface area contributed by atoms with E-state index < -0.39 is 0 Å². The van der Waals surface area contributed by atoms with Gasteiger partial charge in [0.15, 0.2) is 0 Å². The zero-order valence-corrected chi connectivity index (χ0v) is 5.31. The van der Waals surface area contributed by atoms with Crippen LogP contribution in [0.5, 0.6) is 0 Å². The molecule has 0 N–H and O–H groups in total. The largest absolute Gasteiger partial charge is 0.303 e. The number of hydrogen-bond acceptors (Lipinski definition) is 1. The first kappa shape index (κ1) is 7.41. The minimum atomic E-state index is 0.673. The molecular weight excluding hydrogens is 100 g/mol. The fourth-order valence-corrected chi connectivity index (χ4v) is 0.487. The highest BCUT2D eigenvalue weighted by Crippen LogP contribution is 2.00. The Balaban J connectivity index is 2.93. The minimum absolute atomic E-state index is 0.673. The van der Waals surface area contributed by atoms with Gasteiger partial charge in [-0.25, -0.2) is 0 Å². The molecule has 46 valence electrons. The van der Waals surface area contributed by atoms with Crippen molar-refractivity contribution in [3.8, 4) is 0 Å². The van der Waals surface area contributed by atoms with E-state index in [0.29, 0.717) is 6.42 Å². The van der Waals surface area contributed by atoms with Gasteiger partial charge in [0.25, 0.3) is 0 Å². The highest BCUT2D eigenvalue weighted by molar-refractivity contribution is 5.49. The quantitative estimate of drug-likeness (QED) is 0.308. The van der Waals surface area contributed by atoms with Crippen molar-refractivity contribution in [1.29, 1.82) is 0 Å². The standard InChI is InChI=1S/C7H12O/c1-7(2)5-3-4-6-8/h6H,1,3-5H2,2H3. The third-order valence-corrected chi connectivity index (χ3v) is 0.926. The molecule has 0 amide bonds. The molecule has 0 aliphatic rings. The molecule has 0 rings (SSSR count). The van der Waals surface area contributed by atoms with Crippen molar-refractivity contribution in [3.05, 3.63) is 12.2 Å². The lowest BCUT2D eigenvalue weighted by Crippen LogP contribution is -1.77. The van der Waals surface area contributed by atoms with Crippen LogP contribution in [0.2, 0.25) is 0 Å². The van der Waals surface area contributed by atoms with Crippen LogP contribution in [0.25, 0.3) is 0 Å². The summed E-state index contributed by atoms with van der Waals surface area (Å²) in [5.41, 5.74) is 1.16. The van der Waals surface area contributed by atoms with Gasteiger partial charge >= 0.3 is 0 Å². The van der Waals surface area contributed by atoms with Crippen LogP contribution in [0.1, 0.15) is 26.2 Å². The topological polar surface area (TPSA) is 17.1 Å². The second-order valence-electron chi connectivity index (χ2n) is 2.02. The molecule has 1 nitrogen and oxygen atoms in total. The Bertz CT molecular complexity index is 84.4. The summed E-state index contributed by atoms with van der Waals surface area (Å²) in [6.45, 7) is 5.69. The lowest BCUT2D eigenvalue weighted by molar-refractivity contribution is -0.107. The van der Waals surface area contributed by atoms with Gasteiger partial charge < -0.3 is 4.79 Å². The molecule has 0 aliphatic carbocycles. The van der Waals surface area contributed by atoms with Gasteiger partial charge in [-0.2, -0.15) is 0 Å². The van der Waals surface area contributed by atoms with E-state index in [0.717, 1.165) is 24.7 Å². The summed E-state index contributed by atoms with van der Waals surface area (Å²) in [7, 11) is 0. The second kappa shape index (κ2) is 4.57. The van der Waals surface area contributed by atoms with Crippen molar-refractivity contribution < 1.29 is 4.79 Å². The lowest BCUT2D eigenvalue weighted by Gasteiger charge is -1.91. The van der Waals surface area contributed by atoms with E-state index in [1.54, 1.807) is 0 Å². The predicted octanol–water partition coefficient (Wildman–Crippen LogP) is 1.93. The van der Waals surface area contributed by atoms with Gasteiger partial charge in [-0.05, 0) is 19.8 Å². The van der Waals surface area contributed by atoms with Crippen molar-refractivity contribution in [2.75, 3.05) is 0 Å². The average molecular weight is 112 g/mol. The van der Waals surface area contributed by atoms with Crippen LogP contribution in [0.3, 0.4) is 0 Å². The van der Waals surface area contributed by atoms with Crippen LogP contribution in [-0.4, -0.2) is 6.29 Å². The molecular formula is C7H12O. The summed E-state index contributed by atoms with van der Waals surface area (Å²) in [5, 5.41) is 0. The number of aldehydes is 1. The Labute approximate surface area is 50.4 Å². The van der Waals surface area contributed by atoms with Crippen molar-refractivity contribution in [3.63, 3.8) is 0 Å². The van der Waals surface area contributed by atoms with Gasteiger partial charge in [0.05, 0.1) is 0 Å². The molecule has 0 saturated carbocycles. The molecule has 8 heavy (non-hydrogen) atoms. The first-order chi connectivity index (χ1) is 3.77. The first-order valence-corrected chi connectivity index (χ1v) is 2.85. The highest BCUT2D eigenvalue weighted by Gasteiger charge is 1.84. The summed E-state index contributed by atoms with van der Waals surface area (Å²) in [4.78, 5) is 9.76. The monoisotopic (exact) mass is 112 g/mol. The van der Waals surface area contributed by atoms with E-state index in [1.807, 2.05) is 6.92 Å². The van der Waals surface area contributed by atoms with Crippen LogP contribution in [0, 0.1) is 0 Å². The zero-order valence-electron chi connectivity index (χ0n) is 5.31. The van der Waals surface area contributed by atoms with E-state index in [1.165, 1.54) is 0 Å². The number of hydrogen-bond donors (Lipinski definition) is 0. The average Bonchev–Trinajstić information content (AvgIpc) is 1.66. The fraction of sp³-hybridized carbons (Fsp3) is 0.571. The molecule has 0 aliphatic heterocycles. The van der Waals surface area contributed by atoms with E-state index in [2.05, 4.69) is 6.58 Å². The van der Waals surface area contributed by atoms with Crippen LogP contribution in [0.15, 0.2) is 12.2 Å². The molecule has 0 radical (unpaired) electrons. The molecule has 0 saturated heterocycles. The Morgan fingerprint density at radius 2 is 2.38 bits per heavy atom. The molecule has 0 spiro atoms. The molecule has 0 unspecified atom stereocenters. The third-order valence-electron chi connectivity index (χ3n) is 0.926. The Hall–Kier alpha value is -0.590. The Morgan fingerprint density at radius 1 is 1.75 bits per heavy atom. The first-order valence-electron chi connectivity index (χ1n) is 2.85. The zero-order chi connectivity index (χ0) is 6.41. The van der Waals surface area contributed by atoms with E-state index in [9.17, 15) is 4.79 Å². The van der Waals surface area contributed by atoms with Gasteiger partial charge in [-0.15, -0.1) is 6.58 Å². The summed E-state index contributed by atoms with van der Waals surface area (Å²) in [6, 6.07) is 0. The van der Waals surface area contributed by atoms with Crippen molar-refractivity contribution in [2.24, 2.45) is 0 Å². The maximum absolute atomic E-state index is 9.76. The number of rotatable bonds is 4. The second-order valence-corrected chi connectivity index (χ2v) is 2.02. The molecule has 1 heteroatoms. The number of carbonyl (C=O) groups is 1. The summed E-state index contributed by atoms with van der Waals surface area (Å²) >= 11 is 0. The Kier molecular flexibility index (Phi) is 4.23. The van der Waals surface area contributed by atoms with E-state index in [4.69, 9.17) is 0 Å². The number of allylic oxidation sites excluding steroid dienone is 1. The SMILES string of the molecule is C=C(C)CCCC=O. The van der Waals surface area contributed by atoms with Crippen LogP contribution in [-0.2, 0) is 4.79 Å². The van der Waals surface area contributed by atoms with Gasteiger partial charge in [-0.3, -0.25) is 0 Å². The third kappa shape index (κ3) is 5.41. The minimum Gasteiger partial charge on any atom is -0.303 e. The van der Waals surface area contributed by atoms with Crippen LogP contribution in [0.4, 0.5) is 0 Å². The van der Waals surface area contributed by atoms with Crippen molar-refractivity contribution in [1.82, 2.24) is 0 Å². The molecule has 0 aromatic carbocycles. The molecule has 0 atom stereocenters. The normalized spacial score (nSPS) is 8.62. The fourth-order valence-electron chi connectivity index (χ4n) is 0.487. The summed E-state index contributed by atoms with van der Waals surface area (Å²) in [6.07, 6.45) is 3.56. The maximum Gasteiger partial charge on any atom is 0.120 e. The summed E-state index contributed by atoms with van der Waals surface area (Å²) in [5.74, 6) is 0. The Morgan fingerprint density at radius 3 is 2.75 bits per heavy atom. The van der Waals surface area contributed by atoms with Gasteiger partial charge in [0, 0.05) is 6.42 Å². The van der Waals surface area contributed by atoms with E-state index in [-0.39, 0.29) is 0 Å². The molecule has 0 aromatic rings. The molecule has 0 aromatic heterocycles. The number of carbonyl (C=O) groups excluding carboxylic acids is 1. The summed E-state index contributed by atoms with van der Waals surface area (Å²) < 4.78 is 0. The van der Waals surface area contributed by atoms with Gasteiger partial charge in [0.1, 0.15) is 6.29 Å². The van der Waals surface area contributed by atoms with Gasteiger partial charge in [-0.1, -0.05) is 5.57 Å². The van der Waals surface area contributed by atoms with Crippen molar-refractivity contribution in [2.45, 2.75) is 26.2 Å².